The first-order chi connectivity index (χ1) is 10.4. The Kier molecular flexibility index (Phi) is 5.38. The number of benzene rings is 1. The minimum Gasteiger partial charge on any atom is -0.491 e. The van der Waals surface area contributed by atoms with E-state index in [0.717, 1.165) is 13.0 Å². The van der Waals surface area contributed by atoms with Gasteiger partial charge in [0.2, 0.25) is 15.9 Å². The third-order valence-electron chi connectivity index (χ3n) is 3.20. The van der Waals surface area contributed by atoms with E-state index < -0.39 is 10.0 Å². The minimum absolute atomic E-state index is 0.113. The van der Waals surface area contributed by atoms with Gasteiger partial charge in [-0.05, 0) is 45.3 Å². The van der Waals surface area contributed by atoms with Crippen molar-refractivity contribution in [3.63, 3.8) is 0 Å². The van der Waals surface area contributed by atoms with Crippen LogP contribution >= 0.6 is 0 Å². The van der Waals surface area contributed by atoms with E-state index in [1.54, 1.807) is 6.07 Å². The Balaban J connectivity index is 2.09. The second-order valence-corrected chi connectivity index (χ2v) is 7.13. The highest BCUT2D eigenvalue weighted by Gasteiger charge is 2.19. The lowest BCUT2D eigenvalue weighted by Crippen LogP contribution is -2.27. The van der Waals surface area contributed by atoms with Crippen LogP contribution in [0.1, 0.15) is 12.8 Å². The lowest BCUT2D eigenvalue weighted by Gasteiger charge is -2.12. The van der Waals surface area contributed by atoms with Crippen LogP contribution in [-0.2, 0) is 14.8 Å². The van der Waals surface area contributed by atoms with E-state index in [0.29, 0.717) is 18.0 Å². The van der Waals surface area contributed by atoms with Gasteiger partial charge < -0.3 is 15.0 Å². The zero-order chi connectivity index (χ0) is 16.2. The summed E-state index contributed by atoms with van der Waals surface area (Å²) in [5.41, 5.74) is 0.388. The van der Waals surface area contributed by atoms with Crippen LogP contribution < -0.4 is 14.8 Å². The maximum Gasteiger partial charge on any atom is 0.240 e. The van der Waals surface area contributed by atoms with E-state index in [1.165, 1.54) is 12.1 Å². The molecule has 0 unspecified atom stereocenters. The summed E-state index contributed by atoms with van der Waals surface area (Å²) in [4.78, 5) is 13.6. The number of hydrogen-bond donors (Lipinski definition) is 2. The molecule has 7 nitrogen and oxygen atoms in total. The zero-order valence-electron chi connectivity index (χ0n) is 12.8. The number of amides is 1. The number of nitrogens with one attached hydrogen (secondary N) is 2. The maximum atomic E-state index is 12.3. The van der Waals surface area contributed by atoms with Crippen molar-refractivity contribution in [3.8, 4) is 5.75 Å². The normalized spacial score (nSPS) is 15.0. The topological polar surface area (TPSA) is 87.7 Å². The first kappa shape index (κ1) is 16.7. The summed E-state index contributed by atoms with van der Waals surface area (Å²) in [6.07, 6.45) is 0.969. The first-order valence-corrected chi connectivity index (χ1v) is 8.58. The second-order valence-electron chi connectivity index (χ2n) is 5.36. The predicted molar refractivity (Wildman–Crippen MR) is 83.5 cm³/mol. The van der Waals surface area contributed by atoms with Crippen molar-refractivity contribution in [2.75, 3.05) is 39.1 Å². The predicted octanol–water partition coefficient (Wildman–Crippen LogP) is 0.638. The SMILES string of the molecule is CN(C)CCCNS(=O)(=O)c1ccc2c(c1)NC(=O)CCO2. The third-order valence-corrected chi connectivity index (χ3v) is 4.65. The minimum atomic E-state index is -3.60. The van der Waals surface area contributed by atoms with Gasteiger partial charge in [0.25, 0.3) is 0 Å². The fourth-order valence-electron chi connectivity index (χ4n) is 2.05. The molecule has 22 heavy (non-hydrogen) atoms. The van der Waals surface area contributed by atoms with Crippen LogP contribution in [-0.4, -0.2) is 53.0 Å². The molecular weight excluding hydrogens is 306 g/mol. The molecule has 1 aliphatic rings. The highest BCUT2D eigenvalue weighted by atomic mass is 32.2. The van der Waals surface area contributed by atoms with Crippen molar-refractivity contribution in [3.05, 3.63) is 18.2 Å². The Labute approximate surface area is 130 Å². The highest BCUT2D eigenvalue weighted by Crippen LogP contribution is 2.29. The molecule has 1 aliphatic heterocycles. The van der Waals surface area contributed by atoms with Crippen LogP contribution in [0.3, 0.4) is 0 Å². The Morgan fingerprint density at radius 1 is 1.36 bits per heavy atom. The van der Waals surface area contributed by atoms with Gasteiger partial charge in [-0.3, -0.25) is 4.79 Å². The summed E-state index contributed by atoms with van der Waals surface area (Å²) in [6, 6.07) is 4.47. The molecule has 8 heteroatoms. The molecule has 0 bridgehead atoms. The van der Waals surface area contributed by atoms with Gasteiger partial charge in [-0.15, -0.1) is 0 Å². The first-order valence-electron chi connectivity index (χ1n) is 7.09. The van der Waals surface area contributed by atoms with Crippen molar-refractivity contribution in [2.45, 2.75) is 17.7 Å². The summed E-state index contributed by atoms with van der Waals surface area (Å²) in [5, 5.41) is 2.65. The van der Waals surface area contributed by atoms with Crippen molar-refractivity contribution >= 4 is 21.6 Å². The summed E-state index contributed by atoms with van der Waals surface area (Å²) in [5.74, 6) is 0.296. The van der Waals surface area contributed by atoms with E-state index in [1.807, 2.05) is 19.0 Å². The van der Waals surface area contributed by atoms with Crippen LogP contribution in [0.5, 0.6) is 5.75 Å². The molecule has 0 radical (unpaired) electrons. The molecule has 0 atom stereocenters. The van der Waals surface area contributed by atoms with Crippen molar-refractivity contribution in [2.24, 2.45) is 0 Å². The Morgan fingerprint density at radius 2 is 2.14 bits per heavy atom. The van der Waals surface area contributed by atoms with Crippen LogP contribution in [0.4, 0.5) is 5.69 Å². The number of carbonyl (C=O) groups excluding carboxylic acids is 1. The molecular formula is C14H21N3O4S. The Morgan fingerprint density at radius 3 is 2.86 bits per heavy atom. The van der Waals surface area contributed by atoms with Gasteiger partial charge in [0.05, 0.1) is 23.6 Å². The largest absolute Gasteiger partial charge is 0.491 e. The van der Waals surface area contributed by atoms with Gasteiger partial charge in [0.15, 0.2) is 0 Å². The lowest BCUT2D eigenvalue weighted by atomic mass is 10.3. The smallest absolute Gasteiger partial charge is 0.240 e. The van der Waals surface area contributed by atoms with Crippen molar-refractivity contribution in [1.82, 2.24) is 9.62 Å². The third kappa shape index (κ3) is 4.43. The maximum absolute atomic E-state index is 12.3. The molecule has 0 fully saturated rings. The molecule has 0 aliphatic carbocycles. The lowest BCUT2D eigenvalue weighted by molar-refractivity contribution is -0.116. The quantitative estimate of drug-likeness (QED) is 0.749. The number of nitrogens with zero attached hydrogens (tertiary/aromatic N) is 1. The van der Waals surface area contributed by atoms with Crippen LogP contribution in [0.15, 0.2) is 23.1 Å². The van der Waals surface area contributed by atoms with Crippen LogP contribution in [0.25, 0.3) is 0 Å². The second kappa shape index (κ2) is 7.08. The molecule has 2 rings (SSSR count). The average molecular weight is 327 g/mol. The average Bonchev–Trinajstić information content (AvgIpc) is 2.63. The number of anilines is 1. The van der Waals surface area contributed by atoms with Gasteiger partial charge >= 0.3 is 0 Å². The number of hydrogen-bond acceptors (Lipinski definition) is 5. The van der Waals surface area contributed by atoms with E-state index in [4.69, 9.17) is 4.74 Å². The van der Waals surface area contributed by atoms with Gasteiger partial charge in [0.1, 0.15) is 5.75 Å². The number of carbonyl (C=O) groups is 1. The molecule has 0 spiro atoms. The van der Waals surface area contributed by atoms with E-state index in [-0.39, 0.29) is 23.8 Å². The molecule has 2 N–H and O–H groups in total. The van der Waals surface area contributed by atoms with Crippen molar-refractivity contribution in [1.29, 1.82) is 0 Å². The monoisotopic (exact) mass is 327 g/mol. The number of rotatable bonds is 6. The molecule has 0 aromatic heterocycles. The molecule has 1 aromatic carbocycles. The fraction of sp³-hybridized carbons (Fsp3) is 0.500. The molecule has 1 heterocycles. The van der Waals surface area contributed by atoms with Crippen molar-refractivity contribution < 1.29 is 17.9 Å². The Bertz CT molecular complexity index is 643. The van der Waals surface area contributed by atoms with Gasteiger partial charge in [-0.25, -0.2) is 13.1 Å². The highest BCUT2D eigenvalue weighted by molar-refractivity contribution is 7.89. The zero-order valence-corrected chi connectivity index (χ0v) is 13.6. The standard InChI is InChI=1S/C14H21N3O4S/c1-17(2)8-3-7-15-22(19,20)11-4-5-13-12(10-11)16-14(18)6-9-21-13/h4-5,10,15H,3,6-9H2,1-2H3,(H,16,18). The van der Waals surface area contributed by atoms with Crippen LogP contribution in [0, 0.1) is 0 Å². The molecule has 1 aromatic rings. The fourth-order valence-corrected chi connectivity index (χ4v) is 3.15. The summed E-state index contributed by atoms with van der Waals surface area (Å²) in [7, 11) is 0.272. The molecule has 1 amide bonds. The van der Waals surface area contributed by atoms with Crippen LogP contribution in [0.2, 0.25) is 0 Å². The van der Waals surface area contributed by atoms with Gasteiger partial charge in [-0.1, -0.05) is 0 Å². The van der Waals surface area contributed by atoms with E-state index in [2.05, 4.69) is 10.0 Å². The molecule has 0 saturated carbocycles. The number of ether oxygens (including phenoxy) is 1. The number of fused-ring (bicyclic) bond motifs is 1. The molecule has 0 saturated heterocycles. The molecule has 122 valence electrons. The Hall–Kier alpha value is -1.64. The summed E-state index contributed by atoms with van der Waals surface area (Å²) < 4.78 is 32.5. The van der Waals surface area contributed by atoms with Gasteiger partial charge in [-0.2, -0.15) is 0 Å². The number of sulfonamides is 1. The van der Waals surface area contributed by atoms with E-state index >= 15 is 0 Å². The van der Waals surface area contributed by atoms with Gasteiger partial charge in [0, 0.05) is 6.54 Å². The summed E-state index contributed by atoms with van der Waals surface area (Å²) >= 11 is 0. The van der Waals surface area contributed by atoms with E-state index in [9.17, 15) is 13.2 Å². The summed E-state index contributed by atoms with van der Waals surface area (Å²) in [6.45, 7) is 1.45.